The van der Waals surface area contributed by atoms with E-state index in [0.717, 1.165) is 19.2 Å². The van der Waals surface area contributed by atoms with Gasteiger partial charge in [-0.25, -0.2) is 8.42 Å². The van der Waals surface area contributed by atoms with Crippen LogP contribution in [-0.2, 0) is 14.6 Å². The van der Waals surface area contributed by atoms with Crippen molar-refractivity contribution < 1.29 is 13.2 Å². The fourth-order valence-corrected chi connectivity index (χ4v) is 2.16. The number of rotatable bonds is 1. The summed E-state index contributed by atoms with van der Waals surface area (Å²) in [6, 6.07) is 0. The molecule has 0 aliphatic carbocycles. The molecule has 0 spiro atoms. The Kier molecular flexibility index (Phi) is 2.85. The van der Waals surface area contributed by atoms with Gasteiger partial charge in [-0.3, -0.25) is 4.79 Å². The Morgan fingerprint density at radius 3 is 2.58 bits per heavy atom. The van der Waals surface area contributed by atoms with E-state index >= 15 is 0 Å². The largest absolute Gasteiger partial charge is 0.316 e. The van der Waals surface area contributed by atoms with Crippen molar-refractivity contribution in [2.75, 3.05) is 19.3 Å². The molecule has 4 nitrogen and oxygen atoms in total. The predicted molar refractivity (Wildman–Crippen MR) is 45.4 cm³/mol. The molecule has 0 amide bonds. The van der Waals surface area contributed by atoms with Crippen molar-refractivity contribution in [3.8, 4) is 0 Å². The van der Waals surface area contributed by atoms with Gasteiger partial charge < -0.3 is 5.32 Å². The molecule has 70 valence electrons. The molecule has 1 aliphatic rings. The second-order valence-corrected chi connectivity index (χ2v) is 5.08. The van der Waals surface area contributed by atoms with Crippen LogP contribution in [0.25, 0.3) is 0 Å². The van der Waals surface area contributed by atoms with Crippen molar-refractivity contribution in [3.05, 3.63) is 0 Å². The molecule has 0 aromatic heterocycles. The number of nitrogens with one attached hydrogen (secondary N) is 1. The summed E-state index contributed by atoms with van der Waals surface area (Å²) >= 11 is 0. The van der Waals surface area contributed by atoms with Gasteiger partial charge >= 0.3 is 0 Å². The van der Waals surface area contributed by atoms with Crippen molar-refractivity contribution in [3.63, 3.8) is 0 Å². The van der Waals surface area contributed by atoms with Gasteiger partial charge in [0.2, 0.25) is 15.0 Å². The summed E-state index contributed by atoms with van der Waals surface area (Å²) in [4.78, 5) is 11.2. The Hall–Kier alpha value is -0.420. The molecule has 1 aliphatic heterocycles. The van der Waals surface area contributed by atoms with Crippen LogP contribution in [0.15, 0.2) is 0 Å². The molecule has 0 bridgehead atoms. The standard InChI is InChI=1S/C7H13NO3S/c1-12(10,11)7(9)6-3-2-4-8-5-6/h6,8H,2-5H2,1H3. The monoisotopic (exact) mass is 191 g/mol. The van der Waals surface area contributed by atoms with Crippen LogP contribution in [0.1, 0.15) is 12.8 Å². The normalized spacial score (nSPS) is 25.2. The molecule has 1 fully saturated rings. The number of sulfone groups is 1. The summed E-state index contributed by atoms with van der Waals surface area (Å²) < 4.78 is 21.7. The number of piperidine rings is 1. The molecule has 1 N–H and O–H groups in total. The van der Waals surface area contributed by atoms with E-state index in [2.05, 4.69) is 5.32 Å². The van der Waals surface area contributed by atoms with Crippen LogP contribution in [-0.4, -0.2) is 32.9 Å². The van der Waals surface area contributed by atoms with Gasteiger partial charge in [-0.15, -0.1) is 0 Å². The van der Waals surface area contributed by atoms with Crippen molar-refractivity contribution in [2.24, 2.45) is 5.92 Å². The lowest BCUT2D eigenvalue weighted by molar-refractivity contribution is -0.115. The maximum atomic E-state index is 11.2. The predicted octanol–water partition coefficient (Wildman–Crippen LogP) is -0.443. The quantitative estimate of drug-likeness (QED) is 0.610. The molecule has 1 rings (SSSR count). The average Bonchev–Trinajstić information content (AvgIpc) is 2.03. The van der Waals surface area contributed by atoms with Crippen LogP contribution in [0.2, 0.25) is 0 Å². The number of hydrogen-bond donors (Lipinski definition) is 1. The summed E-state index contributed by atoms with van der Waals surface area (Å²) in [6.07, 6.45) is 2.55. The van der Waals surface area contributed by atoms with Crippen molar-refractivity contribution in [1.82, 2.24) is 5.32 Å². The highest BCUT2D eigenvalue weighted by atomic mass is 32.2. The molecule has 0 saturated carbocycles. The Balaban J connectivity index is 2.64. The van der Waals surface area contributed by atoms with Gasteiger partial charge in [0.15, 0.2) is 0 Å². The van der Waals surface area contributed by atoms with Gasteiger partial charge in [0.05, 0.1) is 0 Å². The van der Waals surface area contributed by atoms with Gasteiger partial charge in [-0.05, 0) is 19.4 Å². The molecule has 0 aromatic rings. The second kappa shape index (κ2) is 3.53. The minimum absolute atomic E-state index is 0.325. The number of hydrogen-bond acceptors (Lipinski definition) is 4. The lowest BCUT2D eigenvalue weighted by atomic mass is 10.0. The van der Waals surface area contributed by atoms with Crippen LogP contribution >= 0.6 is 0 Å². The smallest absolute Gasteiger partial charge is 0.250 e. The van der Waals surface area contributed by atoms with Gasteiger partial charge in [0.25, 0.3) is 0 Å². The van der Waals surface area contributed by atoms with Crippen LogP contribution in [0.5, 0.6) is 0 Å². The van der Waals surface area contributed by atoms with Gasteiger partial charge in [-0.1, -0.05) is 0 Å². The molecule has 1 unspecified atom stereocenters. The third kappa shape index (κ3) is 2.28. The number of carbonyl (C=O) groups excluding carboxylic acids is 1. The minimum Gasteiger partial charge on any atom is -0.316 e. The molecule has 0 radical (unpaired) electrons. The van der Waals surface area contributed by atoms with E-state index in [1.165, 1.54) is 0 Å². The third-order valence-electron chi connectivity index (χ3n) is 2.00. The summed E-state index contributed by atoms with van der Waals surface area (Å²) in [5.41, 5.74) is 0. The van der Waals surface area contributed by atoms with Crippen LogP contribution in [0.3, 0.4) is 0 Å². The summed E-state index contributed by atoms with van der Waals surface area (Å²) in [7, 11) is -3.48. The van der Waals surface area contributed by atoms with Gasteiger partial charge in [0, 0.05) is 18.7 Å². The van der Waals surface area contributed by atoms with E-state index in [1.807, 2.05) is 0 Å². The van der Waals surface area contributed by atoms with Crippen LogP contribution in [0, 0.1) is 5.92 Å². The lowest BCUT2D eigenvalue weighted by Crippen LogP contribution is -2.37. The van der Waals surface area contributed by atoms with E-state index in [0.29, 0.717) is 13.0 Å². The maximum absolute atomic E-state index is 11.2. The Labute approximate surface area is 72.3 Å². The van der Waals surface area contributed by atoms with E-state index in [4.69, 9.17) is 0 Å². The zero-order valence-corrected chi connectivity index (χ0v) is 7.86. The highest BCUT2D eigenvalue weighted by Crippen LogP contribution is 2.13. The zero-order chi connectivity index (χ0) is 9.19. The molecule has 1 atom stereocenters. The summed E-state index contributed by atoms with van der Waals surface area (Å²) in [6.45, 7) is 1.39. The molecule has 1 saturated heterocycles. The molecular formula is C7H13NO3S. The summed E-state index contributed by atoms with van der Waals surface area (Å²) in [5.74, 6) is -0.325. The highest BCUT2D eigenvalue weighted by molar-refractivity contribution is 8.05. The van der Waals surface area contributed by atoms with Gasteiger partial charge in [0.1, 0.15) is 0 Å². The number of carbonyl (C=O) groups is 1. The maximum Gasteiger partial charge on any atom is 0.250 e. The summed E-state index contributed by atoms with van der Waals surface area (Å²) in [5, 5.41) is 2.39. The minimum atomic E-state index is -3.48. The fraction of sp³-hybridized carbons (Fsp3) is 0.857. The first-order valence-electron chi connectivity index (χ1n) is 3.96. The average molecular weight is 191 g/mol. The van der Waals surface area contributed by atoms with Crippen LogP contribution in [0.4, 0.5) is 0 Å². The highest BCUT2D eigenvalue weighted by Gasteiger charge is 2.27. The Morgan fingerprint density at radius 1 is 1.50 bits per heavy atom. The SMILES string of the molecule is CS(=O)(=O)C(=O)C1CCCNC1. The fourth-order valence-electron chi connectivity index (χ4n) is 1.36. The Bertz CT molecular complexity index is 264. The first kappa shape index (κ1) is 9.67. The van der Waals surface area contributed by atoms with E-state index in [9.17, 15) is 13.2 Å². The molecule has 1 heterocycles. The van der Waals surface area contributed by atoms with Gasteiger partial charge in [-0.2, -0.15) is 0 Å². The van der Waals surface area contributed by atoms with E-state index in [1.54, 1.807) is 0 Å². The topological polar surface area (TPSA) is 63.2 Å². The third-order valence-corrected chi connectivity index (χ3v) is 3.06. The Morgan fingerprint density at radius 2 is 2.17 bits per heavy atom. The molecule has 5 heteroatoms. The zero-order valence-electron chi connectivity index (χ0n) is 7.04. The van der Waals surface area contributed by atoms with E-state index < -0.39 is 15.0 Å². The molecular weight excluding hydrogens is 178 g/mol. The second-order valence-electron chi connectivity index (χ2n) is 3.13. The first-order chi connectivity index (χ1) is 5.52. The first-order valence-corrected chi connectivity index (χ1v) is 5.85. The molecule has 0 aromatic carbocycles. The lowest BCUT2D eigenvalue weighted by Gasteiger charge is -2.20. The van der Waals surface area contributed by atoms with Crippen molar-refractivity contribution in [1.29, 1.82) is 0 Å². The van der Waals surface area contributed by atoms with E-state index in [-0.39, 0.29) is 5.92 Å². The van der Waals surface area contributed by atoms with Crippen LogP contribution < -0.4 is 5.32 Å². The van der Waals surface area contributed by atoms with Crippen molar-refractivity contribution in [2.45, 2.75) is 12.8 Å². The molecule has 12 heavy (non-hydrogen) atoms. The van der Waals surface area contributed by atoms with Crippen molar-refractivity contribution >= 4 is 15.0 Å².